The van der Waals surface area contributed by atoms with Crippen molar-refractivity contribution in [3.8, 4) is 5.75 Å². The van der Waals surface area contributed by atoms with Gasteiger partial charge in [0.25, 0.3) is 5.91 Å². The Morgan fingerprint density at radius 3 is 2.40 bits per heavy atom. The molecule has 7 heteroatoms. The van der Waals surface area contributed by atoms with Gasteiger partial charge in [-0.2, -0.15) is 0 Å². The first kappa shape index (κ1) is 20.6. The predicted octanol–water partition coefficient (Wildman–Crippen LogP) is 2.32. The quantitative estimate of drug-likeness (QED) is 0.774. The van der Waals surface area contributed by atoms with Gasteiger partial charge in [0.15, 0.2) is 0 Å². The van der Waals surface area contributed by atoms with E-state index in [0.717, 1.165) is 61.4 Å². The smallest absolute Gasteiger partial charge is 0.255 e. The zero-order valence-electron chi connectivity index (χ0n) is 17.9. The van der Waals surface area contributed by atoms with Crippen LogP contribution < -0.4 is 4.74 Å². The first-order chi connectivity index (χ1) is 14.5. The SMILES string of the molecule is COc1ccc2nc(C)c(C(=O)N3CCN(CC(=O)N4CCCCC4)CC3)cc2c1. The highest BCUT2D eigenvalue weighted by Crippen LogP contribution is 2.23. The van der Waals surface area contributed by atoms with Crippen molar-refractivity contribution >= 4 is 22.7 Å². The van der Waals surface area contributed by atoms with E-state index in [0.29, 0.717) is 25.2 Å². The molecule has 160 valence electrons. The molecule has 2 aliphatic heterocycles. The summed E-state index contributed by atoms with van der Waals surface area (Å²) in [7, 11) is 1.63. The highest BCUT2D eigenvalue weighted by atomic mass is 16.5. The van der Waals surface area contributed by atoms with Crippen LogP contribution in [0.2, 0.25) is 0 Å². The maximum Gasteiger partial charge on any atom is 0.255 e. The monoisotopic (exact) mass is 410 g/mol. The molecule has 0 atom stereocenters. The first-order valence-electron chi connectivity index (χ1n) is 10.8. The highest BCUT2D eigenvalue weighted by molar-refractivity contribution is 5.99. The molecule has 2 aromatic rings. The maximum atomic E-state index is 13.2. The van der Waals surface area contributed by atoms with Gasteiger partial charge >= 0.3 is 0 Å². The van der Waals surface area contributed by atoms with Gasteiger partial charge in [-0.1, -0.05) is 0 Å². The molecule has 2 aliphatic rings. The van der Waals surface area contributed by atoms with E-state index in [-0.39, 0.29) is 11.8 Å². The molecule has 1 aromatic heterocycles. The van der Waals surface area contributed by atoms with Crippen molar-refractivity contribution in [1.82, 2.24) is 19.7 Å². The van der Waals surface area contributed by atoms with Gasteiger partial charge in [-0.15, -0.1) is 0 Å². The number of piperidine rings is 1. The van der Waals surface area contributed by atoms with Crippen molar-refractivity contribution in [2.24, 2.45) is 0 Å². The van der Waals surface area contributed by atoms with Crippen LogP contribution in [0.3, 0.4) is 0 Å². The highest BCUT2D eigenvalue weighted by Gasteiger charge is 2.26. The van der Waals surface area contributed by atoms with E-state index in [1.54, 1.807) is 7.11 Å². The number of methoxy groups -OCH3 is 1. The number of aromatic nitrogens is 1. The summed E-state index contributed by atoms with van der Waals surface area (Å²) in [6.45, 7) is 6.80. The minimum atomic E-state index is 0.00623. The second-order valence-corrected chi connectivity index (χ2v) is 8.19. The van der Waals surface area contributed by atoms with Crippen LogP contribution in [-0.2, 0) is 4.79 Å². The Morgan fingerprint density at radius 1 is 0.967 bits per heavy atom. The molecule has 2 saturated heterocycles. The van der Waals surface area contributed by atoms with Gasteiger partial charge < -0.3 is 14.5 Å². The summed E-state index contributed by atoms with van der Waals surface area (Å²) in [6, 6.07) is 7.60. The molecule has 7 nitrogen and oxygen atoms in total. The molecular formula is C23H30N4O3. The molecule has 0 radical (unpaired) electrons. The molecule has 0 aliphatic carbocycles. The number of amides is 2. The third kappa shape index (κ3) is 4.41. The van der Waals surface area contributed by atoms with E-state index in [1.165, 1.54) is 6.42 Å². The Bertz CT molecular complexity index is 931. The topological polar surface area (TPSA) is 66.0 Å². The number of rotatable bonds is 4. The van der Waals surface area contributed by atoms with Gasteiger partial charge in [0.1, 0.15) is 5.75 Å². The van der Waals surface area contributed by atoms with Gasteiger partial charge in [0, 0.05) is 44.7 Å². The van der Waals surface area contributed by atoms with Crippen LogP contribution in [-0.4, -0.2) is 84.4 Å². The lowest BCUT2D eigenvalue weighted by atomic mass is 10.1. The van der Waals surface area contributed by atoms with Crippen molar-refractivity contribution in [2.45, 2.75) is 26.2 Å². The summed E-state index contributed by atoms with van der Waals surface area (Å²) >= 11 is 0. The fourth-order valence-electron chi connectivity index (χ4n) is 4.31. The molecule has 0 bridgehead atoms. The predicted molar refractivity (Wildman–Crippen MR) is 116 cm³/mol. The number of carbonyl (C=O) groups is 2. The number of fused-ring (bicyclic) bond motifs is 1. The number of nitrogens with zero attached hydrogens (tertiary/aromatic N) is 4. The van der Waals surface area contributed by atoms with Crippen molar-refractivity contribution < 1.29 is 14.3 Å². The number of aryl methyl sites for hydroxylation is 1. The number of hydrogen-bond acceptors (Lipinski definition) is 5. The minimum absolute atomic E-state index is 0.00623. The van der Waals surface area contributed by atoms with Crippen LogP contribution in [0.15, 0.2) is 24.3 Å². The number of ether oxygens (including phenoxy) is 1. The number of pyridine rings is 1. The largest absolute Gasteiger partial charge is 0.497 e. The van der Waals surface area contributed by atoms with E-state index < -0.39 is 0 Å². The van der Waals surface area contributed by atoms with Crippen LogP contribution in [0.1, 0.15) is 35.3 Å². The van der Waals surface area contributed by atoms with Gasteiger partial charge in [-0.3, -0.25) is 19.5 Å². The maximum absolute atomic E-state index is 13.2. The van der Waals surface area contributed by atoms with E-state index in [4.69, 9.17) is 4.74 Å². The normalized spacial score (nSPS) is 17.9. The van der Waals surface area contributed by atoms with E-state index in [1.807, 2.05) is 41.0 Å². The van der Waals surface area contributed by atoms with E-state index >= 15 is 0 Å². The van der Waals surface area contributed by atoms with Crippen LogP contribution >= 0.6 is 0 Å². The standard InChI is InChI=1S/C23H30N4O3/c1-17-20(15-18-14-19(30-2)6-7-21(18)24-17)23(29)27-12-10-25(11-13-27)16-22(28)26-8-4-3-5-9-26/h6-7,14-15H,3-5,8-13,16H2,1-2H3. The van der Waals surface area contributed by atoms with Crippen molar-refractivity contribution in [2.75, 3.05) is 52.9 Å². The third-order valence-corrected chi connectivity index (χ3v) is 6.17. The van der Waals surface area contributed by atoms with Gasteiger partial charge in [0.2, 0.25) is 5.91 Å². The molecule has 30 heavy (non-hydrogen) atoms. The minimum Gasteiger partial charge on any atom is -0.497 e. The summed E-state index contributed by atoms with van der Waals surface area (Å²) in [5.41, 5.74) is 2.22. The van der Waals surface area contributed by atoms with Crippen LogP contribution in [0, 0.1) is 6.92 Å². The lowest BCUT2D eigenvalue weighted by Crippen LogP contribution is -2.52. The summed E-state index contributed by atoms with van der Waals surface area (Å²) in [5.74, 6) is 0.975. The van der Waals surface area contributed by atoms with E-state index in [9.17, 15) is 9.59 Å². The molecule has 0 spiro atoms. The van der Waals surface area contributed by atoms with Crippen LogP contribution in [0.4, 0.5) is 0 Å². The van der Waals surface area contributed by atoms with Crippen molar-refractivity contribution in [1.29, 1.82) is 0 Å². The average molecular weight is 411 g/mol. The third-order valence-electron chi connectivity index (χ3n) is 6.17. The summed E-state index contributed by atoms with van der Waals surface area (Å²) in [4.78, 5) is 36.3. The molecule has 0 unspecified atom stereocenters. The van der Waals surface area contributed by atoms with Crippen LogP contribution in [0.25, 0.3) is 10.9 Å². The number of benzene rings is 1. The zero-order valence-corrected chi connectivity index (χ0v) is 17.9. The first-order valence-corrected chi connectivity index (χ1v) is 10.8. The molecule has 2 fully saturated rings. The fraction of sp³-hybridized carbons (Fsp3) is 0.522. The number of hydrogen-bond donors (Lipinski definition) is 0. The van der Waals surface area contributed by atoms with Crippen LogP contribution in [0.5, 0.6) is 5.75 Å². The van der Waals surface area contributed by atoms with Gasteiger partial charge in [-0.25, -0.2) is 0 Å². The average Bonchev–Trinajstić information content (AvgIpc) is 2.79. The van der Waals surface area contributed by atoms with Gasteiger partial charge in [0.05, 0.1) is 30.4 Å². The second-order valence-electron chi connectivity index (χ2n) is 8.19. The lowest BCUT2D eigenvalue weighted by Gasteiger charge is -2.36. The number of likely N-dealkylation sites (tertiary alicyclic amines) is 1. The van der Waals surface area contributed by atoms with E-state index in [2.05, 4.69) is 9.88 Å². The molecule has 0 N–H and O–H groups in total. The molecule has 0 saturated carbocycles. The molecule has 3 heterocycles. The Kier molecular flexibility index (Phi) is 6.18. The Morgan fingerprint density at radius 2 is 1.70 bits per heavy atom. The summed E-state index contributed by atoms with van der Waals surface area (Å²) < 4.78 is 5.30. The number of piperazine rings is 1. The molecule has 1 aromatic carbocycles. The molecule has 2 amide bonds. The zero-order chi connectivity index (χ0) is 21.1. The second kappa shape index (κ2) is 9.00. The van der Waals surface area contributed by atoms with Crippen molar-refractivity contribution in [3.05, 3.63) is 35.5 Å². The fourth-order valence-corrected chi connectivity index (χ4v) is 4.31. The summed E-state index contributed by atoms with van der Waals surface area (Å²) in [6.07, 6.45) is 3.44. The Balaban J connectivity index is 1.39. The number of carbonyl (C=O) groups excluding carboxylic acids is 2. The Hall–Kier alpha value is -2.67. The van der Waals surface area contributed by atoms with Crippen molar-refractivity contribution in [3.63, 3.8) is 0 Å². The lowest BCUT2D eigenvalue weighted by molar-refractivity contribution is -0.133. The Labute approximate surface area is 177 Å². The van der Waals surface area contributed by atoms with Gasteiger partial charge in [-0.05, 0) is 50.5 Å². The summed E-state index contributed by atoms with van der Waals surface area (Å²) in [5, 5.41) is 0.897. The molecule has 4 rings (SSSR count). The molecular weight excluding hydrogens is 380 g/mol.